The molecule has 0 saturated carbocycles. The summed E-state index contributed by atoms with van der Waals surface area (Å²) in [7, 11) is 1.31. The van der Waals surface area contributed by atoms with Crippen LogP contribution in [0.4, 0.5) is 0 Å². The Balaban J connectivity index is 2.70. The monoisotopic (exact) mass is 238 g/mol. The van der Waals surface area contributed by atoms with Crippen LogP contribution in [0.3, 0.4) is 0 Å². The lowest BCUT2D eigenvalue weighted by Crippen LogP contribution is -1.92. The first-order valence-corrected chi connectivity index (χ1v) is 4.92. The van der Waals surface area contributed by atoms with Crippen LogP contribution in [0.2, 0.25) is 5.02 Å². The molecule has 0 aliphatic carbocycles. The molecule has 1 rings (SSSR count). The number of hydrogen-bond donors (Lipinski definition) is 1. The molecule has 0 unspecified atom stereocenters. The van der Waals surface area contributed by atoms with E-state index in [1.165, 1.54) is 25.3 Å². The molecule has 1 aromatic rings. The Bertz CT molecular complexity index is 436. The van der Waals surface area contributed by atoms with Crippen molar-refractivity contribution < 1.29 is 14.6 Å². The van der Waals surface area contributed by atoms with Crippen molar-refractivity contribution in [1.29, 1.82) is 0 Å². The fraction of sp³-hybridized carbons (Fsp3) is 0.0833. The smallest absolute Gasteiger partial charge is 0.330 e. The molecule has 1 aromatic carbocycles. The maximum atomic E-state index is 10.7. The highest BCUT2D eigenvalue weighted by Gasteiger charge is 1.96. The normalized spacial score (nSPS) is 11.1. The van der Waals surface area contributed by atoms with Crippen molar-refractivity contribution in [3.05, 3.63) is 47.0 Å². The fourth-order valence-corrected chi connectivity index (χ4v) is 1.25. The number of ether oxygens (including phenoxy) is 1. The second-order valence-corrected chi connectivity index (χ2v) is 3.35. The fourth-order valence-electron chi connectivity index (χ4n) is 1.01. The van der Waals surface area contributed by atoms with E-state index < -0.39 is 5.97 Å². The largest absolute Gasteiger partial charge is 0.508 e. The summed E-state index contributed by atoms with van der Waals surface area (Å²) in [6, 6.07) is 4.67. The number of carbonyl (C=O) groups is 1. The predicted molar refractivity (Wildman–Crippen MR) is 63.3 cm³/mol. The van der Waals surface area contributed by atoms with Crippen molar-refractivity contribution in [2.45, 2.75) is 0 Å². The van der Waals surface area contributed by atoms with E-state index in [2.05, 4.69) is 4.74 Å². The standard InChI is InChI=1S/C12H11ClO3/c1-16-12(15)5-3-2-4-9-6-7-10(14)8-11(9)13/h2-8,14H,1H3/b4-2+,5-3+. The molecule has 0 heterocycles. The van der Waals surface area contributed by atoms with Crippen LogP contribution in [0.1, 0.15) is 5.56 Å². The number of carbonyl (C=O) groups excluding carboxylic acids is 1. The van der Waals surface area contributed by atoms with Crippen LogP contribution in [0.25, 0.3) is 6.08 Å². The summed E-state index contributed by atoms with van der Waals surface area (Å²) >= 11 is 5.87. The van der Waals surface area contributed by atoms with Gasteiger partial charge in [-0.25, -0.2) is 4.79 Å². The van der Waals surface area contributed by atoms with Gasteiger partial charge in [-0.05, 0) is 23.8 Å². The molecule has 0 aromatic heterocycles. The molecule has 1 N–H and O–H groups in total. The summed E-state index contributed by atoms with van der Waals surface area (Å²) in [5.74, 6) is -0.297. The molecular weight excluding hydrogens is 228 g/mol. The number of phenols is 1. The van der Waals surface area contributed by atoms with Gasteiger partial charge >= 0.3 is 5.97 Å². The Morgan fingerprint density at radius 3 is 2.81 bits per heavy atom. The lowest BCUT2D eigenvalue weighted by molar-refractivity contribution is -0.134. The lowest BCUT2D eigenvalue weighted by atomic mass is 10.2. The molecule has 0 bridgehead atoms. The third-order valence-electron chi connectivity index (χ3n) is 1.80. The van der Waals surface area contributed by atoms with E-state index in [-0.39, 0.29) is 5.75 Å². The van der Waals surface area contributed by atoms with Crippen molar-refractivity contribution >= 4 is 23.6 Å². The number of benzene rings is 1. The number of hydrogen-bond acceptors (Lipinski definition) is 3. The third kappa shape index (κ3) is 3.79. The van der Waals surface area contributed by atoms with Crippen molar-refractivity contribution in [2.75, 3.05) is 7.11 Å². The topological polar surface area (TPSA) is 46.5 Å². The summed E-state index contributed by atoms with van der Waals surface area (Å²) < 4.78 is 4.42. The summed E-state index contributed by atoms with van der Waals surface area (Å²) in [5, 5.41) is 9.58. The van der Waals surface area contributed by atoms with E-state index >= 15 is 0 Å². The zero-order valence-corrected chi connectivity index (χ0v) is 9.44. The average molecular weight is 239 g/mol. The zero-order valence-electron chi connectivity index (χ0n) is 8.68. The number of phenolic OH excluding ortho intramolecular Hbond substituents is 1. The summed E-state index contributed by atoms with van der Waals surface area (Å²) in [4.78, 5) is 10.7. The van der Waals surface area contributed by atoms with Gasteiger partial charge in [0.15, 0.2) is 0 Å². The Labute approximate surface area is 98.6 Å². The predicted octanol–water partition coefficient (Wildman–Crippen LogP) is 2.79. The van der Waals surface area contributed by atoms with Crippen molar-refractivity contribution in [2.24, 2.45) is 0 Å². The van der Waals surface area contributed by atoms with Crippen LogP contribution < -0.4 is 0 Å². The molecule has 0 spiro atoms. The van der Waals surface area contributed by atoms with Crippen molar-refractivity contribution in [1.82, 2.24) is 0 Å². The van der Waals surface area contributed by atoms with E-state index in [1.807, 2.05) is 0 Å². The maximum Gasteiger partial charge on any atom is 0.330 e. The molecule has 3 nitrogen and oxygen atoms in total. The van der Waals surface area contributed by atoms with E-state index in [4.69, 9.17) is 16.7 Å². The molecule has 0 aliphatic rings. The molecule has 0 amide bonds. The van der Waals surface area contributed by atoms with Gasteiger partial charge in [-0.3, -0.25) is 0 Å². The van der Waals surface area contributed by atoms with Crippen LogP contribution in [-0.4, -0.2) is 18.2 Å². The first-order valence-electron chi connectivity index (χ1n) is 4.54. The molecule has 0 radical (unpaired) electrons. The van der Waals surface area contributed by atoms with Crippen molar-refractivity contribution in [3.63, 3.8) is 0 Å². The summed E-state index contributed by atoms with van der Waals surface area (Å²) in [6.07, 6.45) is 6.23. The van der Waals surface area contributed by atoms with Gasteiger partial charge in [-0.2, -0.15) is 0 Å². The highest BCUT2D eigenvalue weighted by Crippen LogP contribution is 2.22. The van der Waals surface area contributed by atoms with Crippen LogP contribution in [0.15, 0.2) is 36.4 Å². The quantitative estimate of drug-likeness (QED) is 0.500. The van der Waals surface area contributed by atoms with E-state index in [1.54, 1.807) is 24.3 Å². The minimum atomic E-state index is -0.415. The number of rotatable bonds is 3. The van der Waals surface area contributed by atoms with E-state index in [0.29, 0.717) is 5.02 Å². The molecule has 0 atom stereocenters. The van der Waals surface area contributed by atoms with Crippen LogP contribution in [0.5, 0.6) is 5.75 Å². The van der Waals surface area contributed by atoms with Gasteiger partial charge in [0.25, 0.3) is 0 Å². The van der Waals surface area contributed by atoms with Gasteiger partial charge in [-0.15, -0.1) is 0 Å². The zero-order chi connectivity index (χ0) is 12.0. The lowest BCUT2D eigenvalue weighted by Gasteiger charge is -1.97. The first kappa shape index (κ1) is 12.3. The minimum Gasteiger partial charge on any atom is -0.508 e. The summed E-state index contributed by atoms with van der Waals surface area (Å²) in [5.41, 5.74) is 0.758. The van der Waals surface area contributed by atoms with Gasteiger partial charge < -0.3 is 9.84 Å². The first-order chi connectivity index (χ1) is 7.63. The highest BCUT2D eigenvalue weighted by atomic mass is 35.5. The van der Waals surface area contributed by atoms with Crippen LogP contribution in [0, 0.1) is 0 Å². The van der Waals surface area contributed by atoms with Gasteiger partial charge in [0, 0.05) is 6.08 Å². The number of aromatic hydroxyl groups is 1. The van der Waals surface area contributed by atoms with Gasteiger partial charge in [0.05, 0.1) is 12.1 Å². The Morgan fingerprint density at radius 1 is 1.44 bits per heavy atom. The second-order valence-electron chi connectivity index (χ2n) is 2.95. The minimum absolute atomic E-state index is 0.118. The highest BCUT2D eigenvalue weighted by molar-refractivity contribution is 6.32. The molecule has 16 heavy (non-hydrogen) atoms. The number of esters is 1. The Hall–Kier alpha value is -1.74. The molecule has 0 fully saturated rings. The number of methoxy groups -OCH3 is 1. The van der Waals surface area contributed by atoms with E-state index in [0.717, 1.165) is 5.56 Å². The van der Waals surface area contributed by atoms with Crippen LogP contribution in [-0.2, 0) is 9.53 Å². The third-order valence-corrected chi connectivity index (χ3v) is 2.13. The number of allylic oxidation sites excluding steroid dienone is 2. The maximum absolute atomic E-state index is 10.7. The van der Waals surface area contributed by atoms with Crippen molar-refractivity contribution in [3.8, 4) is 5.75 Å². The molecule has 4 heteroatoms. The average Bonchev–Trinajstić information content (AvgIpc) is 2.26. The Morgan fingerprint density at radius 2 is 2.19 bits per heavy atom. The SMILES string of the molecule is COC(=O)/C=C/C=C/c1ccc(O)cc1Cl. The summed E-state index contributed by atoms with van der Waals surface area (Å²) in [6.45, 7) is 0. The Kier molecular flexibility index (Phi) is 4.61. The molecular formula is C12H11ClO3. The van der Waals surface area contributed by atoms with Gasteiger partial charge in [0.1, 0.15) is 5.75 Å². The van der Waals surface area contributed by atoms with E-state index in [9.17, 15) is 4.79 Å². The van der Waals surface area contributed by atoms with Gasteiger partial charge in [-0.1, -0.05) is 29.8 Å². The molecule has 0 saturated heterocycles. The molecule has 84 valence electrons. The number of halogens is 1. The second kappa shape index (κ2) is 5.98. The molecule has 0 aliphatic heterocycles. The van der Waals surface area contributed by atoms with Crippen LogP contribution >= 0.6 is 11.6 Å². The van der Waals surface area contributed by atoms with Gasteiger partial charge in [0.2, 0.25) is 0 Å².